The molecular weight excluding hydrogens is 214 g/mol. The molecule has 0 aromatic carbocycles. The molecule has 1 fully saturated rings. The number of carbonyl (C=O) groups is 1. The lowest BCUT2D eigenvalue weighted by molar-refractivity contribution is 0.195. The fourth-order valence-corrected chi connectivity index (χ4v) is 2.36. The highest BCUT2D eigenvalue weighted by Crippen LogP contribution is 2.18. The van der Waals surface area contributed by atoms with E-state index in [-0.39, 0.29) is 6.03 Å². The van der Waals surface area contributed by atoms with E-state index >= 15 is 0 Å². The van der Waals surface area contributed by atoms with E-state index in [2.05, 4.69) is 17.3 Å². The van der Waals surface area contributed by atoms with E-state index in [0.29, 0.717) is 0 Å². The molecule has 1 heterocycles. The summed E-state index contributed by atoms with van der Waals surface area (Å²) in [5.74, 6) is 0.795. The highest BCUT2D eigenvalue weighted by molar-refractivity contribution is 5.73. The fourth-order valence-electron chi connectivity index (χ4n) is 2.36. The Hall–Kier alpha value is -0.770. The number of urea groups is 1. The van der Waals surface area contributed by atoms with Crippen LogP contribution in [0.4, 0.5) is 4.79 Å². The van der Waals surface area contributed by atoms with Crippen LogP contribution in [0, 0.1) is 5.92 Å². The van der Waals surface area contributed by atoms with Gasteiger partial charge in [-0.1, -0.05) is 0 Å². The smallest absolute Gasteiger partial charge is 0.317 e. The number of likely N-dealkylation sites (tertiary alicyclic amines) is 1. The summed E-state index contributed by atoms with van der Waals surface area (Å²) in [6.07, 6.45) is 3.68. The van der Waals surface area contributed by atoms with Gasteiger partial charge in [0.2, 0.25) is 0 Å². The van der Waals surface area contributed by atoms with Gasteiger partial charge in [-0.2, -0.15) is 0 Å². The van der Waals surface area contributed by atoms with Gasteiger partial charge >= 0.3 is 6.03 Å². The first-order chi connectivity index (χ1) is 8.17. The van der Waals surface area contributed by atoms with E-state index in [1.807, 2.05) is 18.7 Å². The molecule has 0 atom stereocenters. The van der Waals surface area contributed by atoms with Gasteiger partial charge in [0.05, 0.1) is 0 Å². The quantitative estimate of drug-likeness (QED) is 0.796. The average Bonchev–Trinajstić information content (AvgIpc) is 2.33. The molecule has 0 spiro atoms. The van der Waals surface area contributed by atoms with Gasteiger partial charge < -0.3 is 15.1 Å². The van der Waals surface area contributed by atoms with E-state index < -0.39 is 0 Å². The number of rotatable bonds is 5. The molecule has 1 rings (SSSR count). The number of nitrogens with one attached hydrogen (secondary N) is 1. The number of piperidine rings is 1. The SMILES string of the molecule is CCN(CC)C(=O)NCCC1CCN(C)CC1. The summed E-state index contributed by atoms with van der Waals surface area (Å²) in [6, 6.07) is 0.0860. The van der Waals surface area contributed by atoms with E-state index in [0.717, 1.165) is 32.0 Å². The minimum absolute atomic E-state index is 0.0860. The van der Waals surface area contributed by atoms with Gasteiger partial charge in [0, 0.05) is 19.6 Å². The summed E-state index contributed by atoms with van der Waals surface area (Å²) in [4.78, 5) is 15.9. The van der Waals surface area contributed by atoms with Crippen LogP contribution < -0.4 is 5.32 Å². The van der Waals surface area contributed by atoms with E-state index in [9.17, 15) is 4.79 Å². The maximum absolute atomic E-state index is 11.7. The Labute approximate surface area is 105 Å². The third-order valence-electron chi connectivity index (χ3n) is 3.72. The summed E-state index contributed by atoms with van der Waals surface area (Å²) in [7, 11) is 2.18. The molecule has 0 aromatic rings. The highest BCUT2D eigenvalue weighted by Gasteiger charge is 2.16. The normalized spacial score (nSPS) is 18.1. The molecule has 100 valence electrons. The van der Waals surface area contributed by atoms with Crippen molar-refractivity contribution < 1.29 is 4.79 Å². The van der Waals surface area contributed by atoms with Crippen molar-refractivity contribution >= 4 is 6.03 Å². The van der Waals surface area contributed by atoms with Crippen LogP contribution in [0.1, 0.15) is 33.1 Å². The van der Waals surface area contributed by atoms with Crippen molar-refractivity contribution in [2.45, 2.75) is 33.1 Å². The standard InChI is InChI=1S/C13H27N3O/c1-4-16(5-2)13(17)14-9-6-12-7-10-15(3)11-8-12/h12H,4-11H2,1-3H3,(H,14,17). The molecule has 1 aliphatic heterocycles. The number of nitrogens with zero attached hydrogens (tertiary/aromatic N) is 2. The van der Waals surface area contributed by atoms with Gasteiger partial charge in [-0.3, -0.25) is 0 Å². The van der Waals surface area contributed by atoms with Gasteiger partial charge in [0.1, 0.15) is 0 Å². The van der Waals surface area contributed by atoms with Crippen LogP contribution in [0.2, 0.25) is 0 Å². The molecule has 0 unspecified atom stereocenters. The number of hydrogen-bond acceptors (Lipinski definition) is 2. The predicted octanol–water partition coefficient (Wildman–Crippen LogP) is 1.77. The molecule has 2 amide bonds. The summed E-state index contributed by atoms with van der Waals surface area (Å²) in [5.41, 5.74) is 0. The number of carbonyl (C=O) groups excluding carboxylic acids is 1. The van der Waals surface area contributed by atoms with Crippen molar-refractivity contribution in [3.05, 3.63) is 0 Å². The van der Waals surface area contributed by atoms with Gasteiger partial charge in [0.15, 0.2) is 0 Å². The fraction of sp³-hybridized carbons (Fsp3) is 0.923. The minimum Gasteiger partial charge on any atom is -0.338 e. The lowest BCUT2D eigenvalue weighted by Gasteiger charge is -2.29. The first kappa shape index (κ1) is 14.3. The maximum atomic E-state index is 11.7. The molecule has 0 radical (unpaired) electrons. The highest BCUT2D eigenvalue weighted by atomic mass is 16.2. The van der Waals surface area contributed by atoms with Gasteiger partial charge in [-0.25, -0.2) is 4.79 Å². The zero-order valence-electron chi connectivity index (χ0n) is 11.5. The van der Waals surface area contributed by atoms with Gasteiger partial charge in [0.25, 0.3) is 0 Å². The molecule has 17 heavy (non-hydrogen) atoms. The second kappa shape index (κ2) is 7.54. The Morgan fingerprint density at radius 3 is 2.41 bits per heavy atom. The number of amides is 2. The summed E-state index contributed by atoms with van der Waals surface area (Å²) in [6.45, 7) is 8.83. The summed E-state index contributed by atoms with van der Waals surface area (Å²) < 4.78 is 0. The Balaban J connectivity index is 2.13. The van der Waals surface area contributed by atoms with Crippen LogP contribution in [-0.2, 0) is 0 Å². The third kappa shape index (κ3) is 4.94. The Morgan fingerprint density at radius 1 is 1.29 bits per heavy atom. The average molecular weight is 241 g/mol. The van der Waals surface area contributed by atoms with Crippen molar-refractivity contribution in [2.75, 3.05) is 39.8 Å². The predicted molar refractivity (Wildman–Crippen MR) is 71.2 cm³/mol. The van der Waals surface area contributed by atoms with E-state index in [1.165, 1.54) is 25.9 Å². The Morgan fingerprint density at radius 2 is 1.88 bits per heavy atom. The first-order valence-corrected chi connectivity index (χ1v) is 6.88. The topological polar surface area (TPSA) is 35.6 Å². The van der Waals surface area contributed by atoms with Crippen molar-refractivity contribution in [1.29, 1.82) is 0 Å². The van der Waals surface area contributed by atoms with E-state index in [1.54, 1.807) is 0 Å². The van der Waals surface area contributed by atoms with Crippen LogP contribution in [0.5, 0.6) is 0 Å². The summed E-state index contributed by atoms with van der Waals surface area (Å²) >= 11 is 0. The molecule has 0 saturated carbocycles. The molecule has 1 aliphatic rings. The van der Waals surface area contributed by atoms with Crippen LogP contribution in [0.25, 0.3) is 0 Å². The van der Waals surface area contributed by atoms with Crippen LogP contribution >= 0.6 is 0 Å². The second-order valence-corrected chi connectivity index (χ2v) is 4.94. The molecule has 4 heteroatoms. The third-order valence-corrected chi connectivity index (χ3v) is 3.72. The van der Waals surface area contributed by atoms with Gasteiger partial charge in [-0.05, 0) is 59.2 Å². The lowest BCUT2D eigenvalue weighted by Crippen LogP contribution is -2.40. The molecule has 1 N–H and O–H groups in total. The Kier molecular flexibility index (Phi) is 6.34. The molecule has 4 nitrogen and oxygen atoms in total. The van der Waals surface area contributed by atoms with Crippen molar-refractivity contribution in [3.63, 3.8) is 0 Å². The number of hydrogen-bond donors (Lipinski definition) is 1. The minimum atomic E-state index is 0.0860. The van der Waals surface area contributed by atoms with E-state index in [4.69, 9.17) is 0 Å². The lowest BCUT2D eigenvalue weighted by atomic mass is 9.94. The zero-order valence-corrected chi connectivity index (χ0v) is 11.5. The van der Waals surface area contributed by atoms with Crippen molar-refractivity contribution in [1.82, 2.24) is 15.1 Å². The van der Waals surface area contributed by atoms with Crippen molar-refractivity contribution in [3.8, 4) is 0 Å². The Bertz CT molecular complexity index is 221. The van der Waals surface area contributed by atoms with Crippen molar-refractivity contribution in [2.24, 2.45) is 5.92 Å². The van der Waals surface area contributed by atoms with Crippen LogP contribution in [0.15, 0.2) is 0 Å². The molecule has 0 aliphatic carbocycles. The first-order valence-electron chi connectivity index (χ1n) is 6.88. The molecule has 0 bridgehead atoms. The monoisotopic (exact) mass is 241 g/mol. The second-order valence-electron chi connectivity index (χ2n) is 4.94. The van der Waals surface area contributed by atoms with Crippen LogP contribution in [0.3, 0.4) is 0 Å². The largest absolute Gasteiger partial charge is 0.338 e. The van der Waals surface area contributed by atoms with Crippen LogP contribution in [-0.4, -0.2) is 55.6 Å². The maximum Gasteiger partial charge on any atom is 0.317 e. The zero-order chi connectivity index (χ0) is 12.7. The van der Waals surface area contributed by atoms with Gasteiger partial charge in [-0.15, -0.1) is 0 Å². The molecular formula is C13H27N3O. The molecule has 0 aromatic heterocycles. The molecule has 1 saturated heterocycles. The summed E-state index contributed by atoms with van der Waals surface area (Å²) in [5, 5.41) is 3.02.